The van der Waals surface area contributed by atoms with Gasteiger partial charge in [-0.3, -0.25) is 9.59 Å². The maximum atomic E-state index is 13.0. The van der Waals surface area contributed by atoms with Crippen molar-refractivity contribution >= 4 is 44.6 Å². The van der Waals surface area contributed by atoms with Crippen molar-refractivity contribution in [1.29, 1.82) is 0 Å². The van der Waals surface area contributed by atoms with Gasteiger partial charge in [-0.05, 0) is 43.7 Å². The zero-order valence-corrected chi connectivity index (χ0v) is 16.6. The molecule has 1 atom stereocenters. The fraction of sp³-hybridized carbons (Fsp3) is 0.368. The van der Waals surface area contributed by atoms with Gasteiger partial charge in [0.15, 0.2) is 11.4 Å². The number of benzene rings is 1. The smallest absolute Gasteiger partial charge is 0.264 e. The number of nitrogens with zero attached hydrogens (tertiary/aromatic N) is 1. The molecular formula is C19H20BrNO3S. The Bertz CT molecular complexity index is 832. The van der Waals surface area contributed by atoms with E-state index in [2.05, 4.69) is 22.9 Å². The number of halogens is 1. The van der Waals surface area contributed by atoms with Crippen LogP contribution in [0.1, 0.15) is 46.3 Å². The molecule has 1 aromatic heterocycles. The van der Waals surface area contributed by atoms with E-state index in [-0.39, 0.29) is 12.2 Å². The van der Waals surface area contributed by atoms with Crippen LogP contribution in [0.2, 0.25) is 0 Å². The second kappa shape index (κ2) is 7.02. The number of carbonyl (C=O) groups is 2. The van der Waals surface area contributed by atoms with Gasteiger partial charge in [-0.2, -0.15) is 0 Å². The molecular weight excluding hydrogens is 402 g/mol. The zero-order chi connectivity index (χ0) is 18.2. The molecule has 1 aliphatic rings. The summed E-state index contributed by atoms with van der Waals surface area (Å²) in [6.45, 7) is 4.52. The standard InChI is InChI=1S/C19H20BrNO3S/c1-3-4-9-21-15-7-6-13(20)10-14(15)19(24,18(21)23)11-16(22)17-8-5-12(2)25-17/h5-8,10,24H,3-4,9,11H2,1-2H3/t19-/m0/s1. The highest BCUT2D eigenvalue weighted by Crippen LogP contribution is 2.44. The summed E-state index contributed by atoms with van der Waals surface area (Å²) in [6.07, 6.45) is 1.55. The number of aliphatic hydroxyl groups is 1. The summed E-state index contributed by atoms with van der Waals surface area (Å²) in [4.78, 5) is 28.8. The molecule has 0 saturated carbocycles. The van der Waals surface area contributed by atoms with Crippen molar-refractivity contribution in [1.82, 2.24) is 0 Å². The van der Waals surface area contributed by atoms with Gasteiger partial charge in [0.1, 0.15) is 0 Å². The number of hydrogen-bond donors (Lipinski definition) is 1. The lowest BCUT2D eigenvalue weighted by Crippen LogP contribution is -2.42. The lowest BCUT2D eigenvalue weighted by Gasteiger charge is -2.22. The van der Waals surface area contributed by atoms with E-state index >= 15 is 0 Å². The summed E-state index contributed by atoms with van der Waals surface area (Å²) in [5, 5.41) is 11.2. The van der Waals surface area contributed by atoms with Crippen molar-refractivity contribution < 1.29 is 14.7 Å². The van der Waals surface area contributed by atoms with Gasteiger partial charge in [0.25, 0.3) is 5.91 Å². The van der Waals surface area contributed by atoms with Crippen LogP contribution in [0.4, 0.5) is 5.69 Å². The summed E-state index contributed by atoms with van der Waals surface area (Å²) in [6, 6.07) is 9.04. The van der Waals surface area contributed by atoms with Gasteiger partial charge in [0.05, 0.1) is 17.0 Å². The molecule has 0 aliphatic carbocycles. The fourth-order valence-electron chi connectivity index (χ4n) is 3.14. The number of hydrogen-bond acceptors (Lipinski definition) is 4. The molecule has 4 nitrogen and oxygen atoms in total. The first-order chi connectivity index (χ1) is 11.9. The Labute approximate surface area is 159 Å². The highest BCUT2D eigenvalue weighted by molar-refractivity contribution is 9.10. The molecule has 1 amide bonds. The molecule has 0 bridgehead atoms. The third-order valence-corrected chi connectivity index (χ3v) is 6.00. The Hall–Kier alpha value is -1.50. The molecule has 2 heterocycles. The molecule has 1 aromatic carbocycles. The van der Waals surface area contributed by atoms with Crippen molar-refractivity contribution in [2.24, 2.45) is 0 Å². The number of fused-ring (bicyclic) bond motifs is 1. The maximum absolute atomic E-state index is 13.0. The molecule has 0 fully saturated rings. The van der Waals surface area contributed by atoms with Crippen LogP contribution in [0.3, 0.4) is 0 Å². The molecule has 25 heavy (non-hydrogen) atoms. The molecule has 0 spiro atoms. The minimum atomic E-state index is -1.80. The van der Waals surface area contributed by atoms with Crippen LogP contribution >= 0.6 is 27.3 Å². The number of ketones is 1. The van der Waals surface area contributed by atoms with E-state index in [4.69, 9.17) is 0 Å². The maximum Gasteiger partial charge on any atom is 0.264 e. The number of rotatable bonds is 6. The second-order valence-corrected chi connectivity index (χ2v) is 8.55. The fourth-order valence-corrected chi connectivity index (χ4v) is 4.30. The van der Waals surface area contributed by atoms with Gasteiger partial charge in [-0.25, -0.2) is 0 Å². The van der Waals surface area contributed by atoms with Crippen molar-refractivity contribution in [2.45, 2.75) is 38.7 Å². The highest BCUT2D eigenvalue weighted by atomic mass is 79.9. The summed E-state index contributed by atoms with van der Waals surface area (Å²) in [5.41, 5.74) is -0.606. The third kappa shape index (κ3) is 3.30. The number of anilines is 1. The van der Waals surface area contributed by atoms with Gasteiger partial charge in [-0.15, -0.1) is 11.3 Å². The molecule has 132 valence electrons. The molecule has 0 saturated heterocycles. The third-order valence-electron chi connectivity index (χ3n) is 4.46. The average molecular weight is 422 g/mol. The summed E-state index contributed by atoms with van der Waals surface area (Å²) >= 11 is 4.78. The van der Waals surface area contributed by atoms with Crippen LogP contribution in [0.5, 0.6) is 0 Å². The lowest BCUT2D eigenvalue weighted by molar-refractivity contribution is -0.135. The number of Topliss-reactive ketones (excluding diaryl/α,β-unsaturated/α-hetero) is 1. The van der Waals surface area contributed by atoms with E-state index in [0.29, 0.717) is 22.7 Å². The average Bonchev–Trinajstić information content (AvgIpc) is 3.09. The number of thiophene rings is 1. The number of aryl methyl sites for hydroxylation is 1. The summed E-state index contributed by atoms with van der Waals surface area (Å²) in [5.74, 6) is -0.618. The molecule has 3 rings (SSSR count). The van der Waals surface area contributed by atoms with Gasteiger partial charge in [0.2, 0.25) is 0 Å². The number of unbranched alkanes of at least 4 members (excludes halogenated alkanes) is 1. The predicted molar refractivity (Wildman–Crippen MR) is 103 cm³/mol. The van der Waals surface area contributed by atoms with Gasteiger partial charge in [-0.1, -0.05) is 29.3 Å². The van der Waals surface area contributed by atoms with Crippen LogP contribution in [-0.4, -0.2) is 23.3 Å². The molecule has 1 N–H and O–H groups in total. The Morgan fingerprint density at radius 1 is 1.32 bits per heavy atom. The van der Waals surface area contributed by atoms with E-state index in [9.17, 15) is 14.7 Å². The first-order valence-electron chi connectivity index (χ1n) is 8.31. The molecule has 1 aliphatic heterocycles. The largest absolute Gasteiger partial charge is 0.375 e. The zero-order valence-electron chi connectivity index (χ0n) is 14.2. The molecule has 0 unspecified atom stereocenters. The Morgan fingerprint density at radius 3 is 2.72 bits per heavy atom. The first kappa shape index (κ1) is 18.3. The van der Waals surface area contributed by atoms with Crippen LogP contribution in [0, 0.1) is 6.92 Å². The van der Waals surface area contributed by atoms with Crippen molar-refractivity contribution in [3.63, 3.8) is 0 Å². The topological polar surface area (TPSA) is 57.6 Å². The highest BCUT2D eigenvalue weighted by Gasteiger charge is 2.50. The Morgan fingerprint density at radius 2 is 2.08 bits per heavy atom. The minimum absolute atomic E-state index is 0.211. The SMILES string of the molecule is CCCCN1C(=O)[C@](O)(CC(=O)c2ccc(C)s2)c2cc(Br)ccc21. The predicted octanol–water partition coefficient (Wildman–Crippen LogP) is 4.43. The molecule has 6 heteroatoms. The Balaban J connectivity index is 1.98. The first-order valence-corrected chi connectivity index (χ1v) is 9.91. The van der Waals surface area contributed by atoms with Crippen LogP contribution in [0.25, 0.3) is 0 Å². The van der Waals surface area contributed by atoms with Gasteiger partial charge >= 0.3 is 0 Å². The monoisotopic (exact) mass is 421 g/mol. The molecule has 2 aromatic rings. The van der Waals surface area contributed by atoms with Crippen LogP contribution < -0.4 is 4.90 Å². The van der Waals surface area contributed by atoms with E-state index in [1.807, 2.05) is 25.1 Å². The second-order valence-electron chi connectivity index (χ2n) is 6.34. The van der Waals surface area contributed by atoms with Crippen LogP contribution in [0.15, 0.2) is 34.8 Å². The van der Waals surface area contributed by atoms with Crippen molar-refractivity contribution in [3.05, 3.63) is 50.1 Å². The quantitative estimate of drug-likeness (QED) is 0.701. The summed E-state index contributed by atoms with van der Waals surface area (Å²) in [7, 11) is 0. The van der Waals surface area contributed by atoms with Crippen LogP contribution in [-0.2, 0) is 10.4 Å². The van der Waals surface area contributed by atoms with Crippen molar-refractivity contribution in [3.8, 4) is 0 Å². The van der Waals surface area contributed by atoms with E-state index in [0.717, 1.165) is 22.2 Å². The van der Waals surface area contributed by atoms with Gasteiger partial charge in [0, 0.05) is 21.5 Å². The Kier molecular flexibility index (Phi) is 5.14. The number of amides is 1. The van der Waals surface area contributed by atoms with Crippen molar-refractivity contribution in [2.75, 3.05) is 11.4 Å². The minimum Gasteiger partial charge on any atom is -0.375 e. The molecule has 0 radical (unpaired) electrons. The summed E-state index contributed by atoms with van der Waals surface area (Å²) < 4.78 is 0.772. The van der Waals surface area contributed by atoms with E-state index < -0.39 is 11.5 Å². The number of carbonyl (C=O) groups excluding carboxylic acids is 2. The van der Waals surface area contributed by atoms with E-state index in [1.165, 1.54) is 11.3 Å². The van der Waals surface area contributed by atoms with E-state index in [1.54, 1.807) is 17.0 Å². The lowest BCUT2D eigenvalue weighted by atomic mass is 9.89. The normalized spacial score (nSPS) is 19.4. The van der Waals surface area contributed by atoms with Gasteiger partial charge < -0.3 is 10.0 Å².